The van der Waals surface area contributed by atoms with Gasteiger partial charge >= 0.3 is 14.4 Å². The minimum atomic E-state index is -0.471. The quantitative estimate of drug-likeness (QED) is 0.590. The predicted molar refractivity (Wildman–Crippen MR) is 70.6 cm³/mol. The van der Waals surface area contributed by atoms with E-state index in [1.807, 2.05) is 0 Å². The minimum Gasteiger partial charge on any atom is -0.385 e. The van der Waals surface area contributed by atoms with Crippen LogP contribution in [0.2, 0.25) is 10.6 Å². The summed E-state index contributed by atoms with van der Waals surface area (Å²) >= 11 is -0.471. The molecule has 1 aliphatic rings. The molecule has 0 atom stereocenters. The van der Waals surface area contributed by atoms with Crippen LogP contribution in [0.15, 0.2) is 0 Å². The molecule has 1 aliphatic heterocycles. The zero-order chi connectivity index (χ0) is 10.9. The highest BCUT2D eigenvalue weighted by Crippen LogP contribution is 2.22. The summed E-state index contributed by atoms with van der Waals surface area (Å²) in [5, 5.41) is 3.21. The Balaban J connectivity index is 2.30. The van der Waals surface area contributed by atoms with Crippen molar-refractivity contribution in [2.45, 2.75) is 69.4 Å². The molecule has 1 heterocycles. The van der Waals surface area contributed by atoms with E-state index in [4.69, 9.17) is 0 Å². The van der Waals surface area contributed by atoms with E-state index >= 15 is 0 Å². The van der Waals surface area contributed by atoms with Gasteiger partial charge in [-0.25, -0.2) is 0 Å². The fourth-order valence-corrected chi connectivity index (χ4v) is 6.28. The molecule has 1 fully saturated rings. The highest BCUT2D eigenvalue weighted by atomic mass is 27.2. The first-order valence-corrected chi connectivity index (χ1v) is 9.27. The highest BCUT2D eigenvalue weighted by molar-refractivity contribution is 6.56. The molecule has 1 saturated heterocycles. The molecule has 0 saturated carbocycles. The standard InChI is InChI=1S/C8H18N.C5H10.Al/c1-3-5-7-9-8-6-4-2;1-3-5-4-2;/h3-8H2,1-2H3;1-5H2;/q-1;;+1. The van der Waals surface area contributed by atoms with Crippen molar-refractivity contribution in [3.63, 3.8) is 0 Å². The summed E-state index contributed by atoms with van der Waals surface area (Å²) in [6.45, 7) is 7.46. The molecule has 2 heteroatoms. The van der Waals surface area contributed by atoms with Gasteiger partial charge in [-0.1, -0.05) is 56.5 Å². The van der Waals surface area contributed by atoms with Gasteiger partial charge in [0, 0.05) is 0 Å². The summed E-state index contributed by atoms with van der Waals surface area (Å²) in [5.74, 6) is 0. The highest BCUT2D eigenvalue weighted by Gasteiger charge is 2.27. The van der Waals surface area contributed by atoms with Gasteiger partial charge in [0.2, 0.25) is 0 Å². The first-order chi connectivity index (χ1) is 7.38. The summed E-state index contributed by atoms with van der Waals surface area (Å²) in [6, 6.07) is 0. The van der Waals surface area contributed by atoms with Crippen molar-refractivity contribution in [1.82, 2.24) is 3.88 Å². The van der Waals surface area contributed by atoms with Crippen LogP contribution in [0.4, 0.5) is 0 Å². The molecule has 0 radical (unpaired) electrons. The van der Waals surface area contributed by atoms with Gasteiger partial charge in [0.25, 0.3) is 0 Å². The smallest absolute Gasteiger partial charge is 0.372 e. The Morgan fingerprint density at radius 1 is 0.867 bits per heavy atom. The molecule has 1 nitrogen and oxygen atoms in total. The second-order valence-electron chi connectivity index (χ2n) is 5.03. The van der Waals surface area contributed by atoms with Crippen LogP contribution in [-0.2, 0) is 0 Å². The van der Waals surface area contributed by atoms with Crippen molar-refractivity contribution < 1.29 is 0 Å². The fraction of sp³-hybridized carbons (Fsp3) is 1.00. The molecule has 0 aliphatic carbocycles. The molecule has 0 unspecified atom stereocenters. The summed E-state index contributed by atoms with van der Waals surface area (Å²) in [6.07, 6.45) is 10.2. The van der Waals surface area contributed by atoms with Crippen LogP contribution in [-0.4, -0.2) is 31.3 Å². The molecule has 0 aromatic carbocycles. The Bertz CT molecular complexity index is 135. The average molecular weight is 225 g/mol. The third-order valence-electron chi connectivity index (χ3n) is 3.69. The van der Waals surface area contributed by atoms with Crippen LogP contribution in [0, 0.1) is 0 Å². The second-order valence-corrected chi connectivity index (χ2v) is 8.23. The Hall–Kier alpha value is 0.492. The summed E-state index contributed by atoms with van der Waals surface area (Å²) in [7, 11) is 0. The van der Waals surface area contributed by atoms with E-state index in [1.54, 1.807) is 10.6 Å². The van der Waals surface area contributed by atoms with Gasteiger partial charge in [0.15, 0.2) is 0 Å². The van der Waals surface area contributed by atoms with Crippen LogP contribution >= 0.6 is 0 Å². The Morgan fingerprint density at radius 2 is 1.40 bits per heavy atom. The summed E-state index contributed by atoms with van der Waals surface area (Å²) < 4.78 is 2.92. The van der Waals surface area contributed by atoms with Crippen LogP contribution in [0.5, 0.6) is 0 Å². The normalized spacial score (nSPS) is 17.4. The average Bonchev–Trinajstić information content (AvgIpc) is 2.30. The molecular weight excluding hydrogens is 197 g/mol. The molecule has 0 amide bonds. The van der Waals surface area contributed by atoms with Crippen molar-refractivity contribution in [2.24, 2.45) is 0 Å². The lowest BCUT2D eigenvalue weighted by molar-refractivity contribution is 0.399. The first-order valence-electron chi connectivity index (χ1n) is 7.12. The Labute approximate surface area is 101 Å². The zero-order valence-electron chi connectivity index (χ0n) is 10.8. The lowest BCUT2D eigenvalue weighted by Crippen LogP contribution is -2.41. The van der Waals surface area contributed by atoms with Crippen LogP contribution in [0.25, 0.3) is 0 Å². The van der Waals surface area contributed by atoms with E-state index in [0.717, 1.165) is 0 Å². The van der Waals surface area contributed by atoms with Crippen LogP contribution < -0.4 is 0 Å². The monoisotopic (exact) mass is 225 g/mol. The number of hydrogen-bond acceptors (Lipinski definition) is 1. The number of hydrogen-bond donors (Lipinski definition) is 0. The van der Waals surface area contributed by atoms with Crippen molar-refractivity contribution >= 4 is 14.4 Å². The van der Waals surface area contributed by atoms with Crippen molar-refractivity contribution in [3.05, 3.63) is 0 Å². The van der Waals surface area contributed by atoms with Crippen molar-refractivity contribution in [2.75, 3.05) is 13.1 Å². The largest absolute Gasteiger partial charge is 0.385 e. The molecule has 0 aromatic rings. The third kappa shape index (κ3) is 5.39. The minimum absolute atomic E-state index is 0.471. The number of rotatable bonds is 7. The van der Waals surface area contributed by atoms with Gasteiger partial charge in [-0.3, -0.25) is 0 Å². The maximum absolute atomic E-state index is 2.92. The zero-order valence-corrected chi connectivity index (χ0v) is 12.0. The lowest BCUT2D eigenvalue weighted by atomic mass is 10.3. The van der Waals surface area contributed by atoms with E-state index in [-0.39, 0.29) is 0 Å². The van der Waals surface area contributed by atoms with Gasteiger partial charge in [-0.2, -0.15) is 0 Å². The van der Waals surface area contributed by atoms with Crippen LogP contribution in [0.1, 0.15) is 58.8 Å². The van der Waals surface area contributed by atoms with Gasteiger partial charge in [0.05, 0.1) is 0 Å². The van der Waals surface area contributed by atoms with E-state index in [1.165, 1.54) is 58.0 Å². The summed E-state index contributed by atoms with van der Waals surface area (Å²) in [5.41, 5.74) is 0. The van der Waals surface area contributed by atoms with Gasteiger partial charge in [0.1, 0.15) is 0 Å². The molecule has 15 heavy (non-hydrogen) atoms. The van der Waals surface area contributed by atoms with Crippen LogP contribution in [0.3, 0.4) is 0 Å². The molecule has 1 rings (SSSR count). The maximum atomic E-state index is 2.92. The predicted octanol–water partition coefficient (Wildman–Crippen LogP) is 4.06. The van der Waals surface area contributed by atoms with Gasteiger partial charge in [-0.05, 0) is 25.9 Å². The van der Waals surface area contributed by atoms with Gasteiger partial charge in [-0.15, -0.1) is 0 Å². The Kier molecular flexibility index (Phi) is 7.79. The maximum Gasteiger partial charge on any atom is 0.372 e. The third-order valence-corrected chi connectivity index (χ3v) is 7.39. The molecule has 0 spiro atoms. The molecule has 0 bridgehead atoms. The van der Waals surface area contributed by atoms with E-state index in [0.29, 0.717) is 0 Å². The van der Waals surface area contributed by atoms with E-state index in [2.05, 4.69) is 17.7 Å². The second kappa shape index (κ2) is 8.62. The van der Waals surface area contributed by atoms with Gasteiger partial charge < -0.3 is 3.88 Å². The Morgan fingerprint density at radius 3 is 1.87 bits per heavy atom. The molecule has 0 N–H and O–H groups in total. The molecular formula is C13H28AlN. The number of unbranched alkanes of at least 4 members (excludes halogenated alkanes) is 2. The lowest BCUT2D eigenvalue weighted by Gasteiger charge is -2.31. The molecule has 0 aromatic heterocycles. The van der Waals surface area contributed by atoms with E-state index in [9.17, 15) is 0 Å². The van der Waals surface area contributed by atoms with E-state index < -0.39 is 14.4 Å². The fourth-order valence-electron chi connectivity index (χ4n) is 2.65. The number of nitrogens with zero attached hydrogens (tertiary/aromatic N) is 1. The first kappa shape index (κ1) is 13.6. The summed E-state index contributed by atoms with van der Waals surface area (Å²) in [4.78, 5) is 0. The topological polar surface area (TPSA) is 3.24 Å². The van der Waals surface area contributed by atoms with Crippen molar-refractivity contribution in [3.8, 4) is 0 Å². The SMILES string of the molecule is CCCC[N](CCCC)[Al]1[CH2]CCC[CH2]1. The molecule has 88 valence electrons. The van der Waals surface area contributed by atoms with Crippen molar-refractivity contribution in [1.29, 1.82) is 0 Å².